The number of ether oxygens (including phenoxy) is 1. The predicted octanol–water partition coefficient (Wildman–Crippen LogP) is 4.17. The first-order chi connectivity index (χ1) is 13.5. The highest BCUT2D eigenvalue weighted by Gasteiger charge is 2.49. The molecule has 2 aliphatic rings. The summed E-state index contributed by atoms with van der Waals surface area (Å²) in [6.07, 6.45) is 3.48. The van der Waals surface area contributed by atoms with Crippen LogP contribution in [0.4, 0.5) is 5.69 Å². The average molecular weight is 398 g/mol. The van der Waals surface area contributed by atoms with Crippen LogP contribution in [0.25, 0.3) is 0 Å². The zero-order valence-corrected chi connectivity index (χ0v) is 16.0. The van der Waals surface area contributed by atoms with E-state index >= 15 is 0 Å². The highest BCUT2D eigenvalue weighted by molar-refractivity contribution is 6.30. The van der Waals surface area contributed by atoms with E-state index in [1.807, 2.05) is 0 Å². The Bertz CT molecular complexity index is 900. The summed E-state index contributed by atoms with van der Waals surface area (Å²) in [7, 11) is 0. The van der Waals surface area contributed by atoms with Gasteiger partial charge in [0.05, 0.1) is 23.9 Å². The maximum atomic E-state index is 12.9. The lowest BCUT2D eigenvalue weighted by Crippen LogP contribution is -2.31. The molecule has 0 spiro atoms. The molecule has 2 fully saturated rings. The molecule has 5 nitrogen and oxygen atoms in total. The van der Waals surface area contributed by atoms with E-state index < -0.39 is 5.97 Å². The van der Waals surface area contributed by atoms with E-state index in [4.69, 9.17) is 16.3 Å². The zero-order valence-electron chi connectivity index (χ0n) is 15.3. The van der Waals surface area contributed by atoms with Gasteiger partial charge in [-0.2, -0.15) is 0 Å². The summed E-state index contributed by atoms with van der Waals surface area (Å²) >= 11 is 5.87. The first-order valence-corrected chi connectivity index (χ1v) is 9.84. The van der Waals surface area contributed by atoms with Gasteiger partial charge in [0.25, 0.3) is 0 Å². The molecule has 0 N–H and O–H groups in total. The maximum absolute atomic E-state index is 12.9. The van der Waals surface area contributed by atoms with E-state index in [-0.39, 0.29) is 35.8 Å². The van der Waals surface area contributed by atoms with Crippen LogP contribution in [0, 0.1) is 11.8 Å². The average Bonchev–Trinajstić information content (AvgIpc) is 2.95. The summed E-state index contributed by atoms with van der Waals surface area (Å²) in [6.45, 7) is 0. The van der Waals surface area contributed by atoms with E-state index in [0.29, 0.717) is 10.7 Å². The van der Waals surface area contributed by atoms with Crippen LogP contribution in [0.1, 0.15) is 31.2 Å². The minimum absolute atomic E-state index is 0.0681. The van der Waals surface area contributed by atoms with Gasteiger partial charge in [-0.3, -0.25) is 14.4 Å². The van der Waals surface area contributed by atoms with Gasteiger partial charge in [-0.05, 0) is 42.7 Å². The van der Waals surface area contributed by atoms with Crippen LogP contribution in [-0.4, -0.2) is 17.8 Å². The van der Waals surface area contributed by atoms with Crippen molar-refractivity contribution in [2.24, 2.45) is 11.8 Å². The summed E-state index contributed by atoms with van der Waals surface area (Å²) in [5.41, 5.74) is 1.11. The highest BCUT2D eigenvalue weighted by atomic mass is 35.5. The van der Waals surface area contributed by atoms with Crippen LogP contribution in [0.3, 0.4) is 0 Å². The van der Waals surface area contributed by atoms with Gasteiger partial charge in [0.2, 0.25) is 11.8 Å². The standard InChI is InChI=1S/C22H20ClNO4/c23-15-11-9-14(10-12-15)13-20(25)28-19-8-4-3-7-18(19)24-21(26)16-5-1-2-6-17(16)22(24)27/h3-4,7-12,16-17H,1-2,5-6,13H2/t16-,17+. The molecular weight excluding hydrogens is 378 g/mol. The molecule has 2 atom stereocenters. The van der Waals surface area contributed by atoms with Crippen LogP contribution in [0.5, 0.6) is 5.75 Å². The second-order valence-corrected chi connectivity index (χ2v) is 7.69. The number of carbonyl (C=O) groups excluding carboxylic acids is 3. The highest BCUT2D eigenvalue weighted by Crippen LogP contribution is 2.42. The van der Waals surface area contributed by atoms with E-state index in [2.05, 4.69) is 0 Å². The molecule has 2 aromatic carbocycles. The molecule has 0 unspecified atom stereocenters. The number of benzene rings is 2. The van der Waals surface area contributed by atoms with E-state index in [1.54, 1.807) is 48.5 Å². The Labute approximate surface area is 168 Å². The summed E-state index contributed by atoms with van der Waals surface area (Å²) in [5.74, 6) is -1.11. The Morgan fingerprint density at radius 2 is 1.57 bits per heavy atom. The number of imide groups is 1. The maximum Gasteiger partial charge on any atom is 0.315 e. The van der Waals surface area contributed by atoms with Crippen LogP contribution < -0.4 is 9.64 Å². The van der Waals surface area contributed by atoms with E-state index in [0.717, 1.165) is 31.2 Å². The number of nitrogens with zero attached hydrogens (tertiary/aromatic N) is 1. The Balaban J connectivity index is 1.55. The molecule has 144 valence electrons. The second-order valence-electron chi connectivity index (χ2n) is 7.25. The zero-order chi connectivity index (χ0) is 19.7. The number of hydrogen-bond donors (Lipinski definition) is 0. The number of carbonyl (C=O) groups is 3. The molecule has 2 aromatic rings. The molecule has 4 rings (SSSR count). The lowest BCUT2D eigenvalue weighted by Gasteiger charge is -2.19. The number of esters is 1. The predicted molar refractivity (Wildman–Crippen MR) is 105 cm³/mol. The largest absolute Gasteiger partial charge is 0.424 e. The van der Waals surface area contributed by atoms with Crippen LogP contribution in [0.2, 0.25) is 5.02 Å². The normalized spacial score (nSPS) is 21.5. The monoisotopic (exact) mass is 397 g/mol. The number of para-hydroxylation sites is 2. The molecule has 6 heteroatoms. The third-order valence-corrected chi connectivity index (χ3v) is 5.68. The molecule has 28 heavy (non-hydrogen) atoms. The van der Waals surface area contributed by atoms with Crippen LogP contribution >= 0.6 is 11.6 Å². The van der Waals surface area contributed by atoms with Crippen molar-refractivity contribution in [3.8, 4) is 5.75 Å². The van der Waals surface area contributed by atoms with Gasteiger partial charge < -0.3 is 4.74 Å². The SMILES string of the molecule is O=C(Cc1ccc(Cl)cc1)Oc1ccccc1N1C(=O)[C@H]2CCCC[C@H]2C1=O. The van der Waals surface area contributed by atoms with Gasteiger partial charge in [0.15, 0.2) is 5.75 Å². The van der Waals surface area contributed by atoms with Crippen molar-refractivity contribution < 1.29 is 19.1 Å². The smallest absolute Gasteiger partial charge is 0.315 e. The van der Waals surface area contributed by atoms with Gasteiger partial charge in [-0.15, -0.1) is 0 Å². The van der Waals surface area contributed by atoms with Crippen molar-refractivity contribution in [1.29, 1.82) is 0 Å². The summed E-state index contributed by atoms with van der Waals surface area (Å²) < 4.78 is 5.52. The molecule has 2 amide bonds. The van der Waals surface area contributed by atoms with Crippen molar-refractivity contribution >= 4 is 35.1 Å². The molecule has 1 heterocycles. The summed E-state index contributed by atoms with van der Waals surface area (Å²) in [4.78, 5) is 39.3. The Hall–Kier alpha value is -2.66. The molecule has 0 aromatic heterocycles. The fourth-order valence-corrected chi connectivity index (χ4v) is 4.18. The molecular formula is C22H20ClNO4. The molecule has 0 radical (unpaired) electrons. The summed E-state index contributed by atoms with van der Waals surface area (Å²) in [5, 5.41) is 0.593. The fourth-order valence-electron chi connectivity index (χ4n) is 4.06. The number of amides is 2. The minimum atomic E-state index is -0.466. The fraction of sp³-hybridized carbons (Fsp3) is 0.318. The van der Waals surface area contributed by atoms with Gasteiger partial charge in [0, 0.05) is 5.02 Å². The van der Waals surface area contributed by atoms with Gasteiger partial charge in [0.1, 0.15) is 0 Å². The molecule has 0 bridgehead atoms. The van der Waals surface area contributed by atoms with Crippen LogP contribution in [-0.2, 0) is 20.8 Å². The topological polar surface area (TPSA) is 63.7 Å². The Morgan fingerprint density at radius 3 is 2.21 bits per heavy atom. The molecule has 1 saturated carbocycles. The lowest BCUT2D eigenvalue weighted by atomic mass is 9.81. The number of rotatable bonds is 4. The third-order valence-electron chi connectivity index (χ3n) is 5.43. The van der Waals surface area contributed by atoms with Gasteiger partial charge in [-0.1, -0.05) is 48.7 Å². The quantitative estimate of drug-likeness (QED) is 0.441. The van der Waals surface area contributed by atoms with E-state index in [1.165, 1.54) is 4.90 Å². The first-order valence-electron chi connectivity index (χ1n) is 9.46. The Morgan fingerprint density at radius 1 is 0.964 bits per heavy atom. The van der Waals surface area contributed by atoms with E-state index in [9.17, 15) is 14.4 Å². The second kappa shape index (κ2) is 7.76. The molecule has 1 saturated heterocycles. The van der Waals surface area contributed by atoms with Crippen molar-refractivity contribution in [3.05, 3.63) is 59.1 Å². The van der Waals surface area contributed by atoms with Gasteiger partial charge >= 0.3 is 5.97 Å². The molecule has 1 aliphatic carbocycles. The van der Waals surface area contributed by atoms with Crippen LogP contribution in [0.15, 0.2) is 48.5 Å². The van der Waals surface area contributed by atoms with Gasteiger partial charge in [-0.25, -0.2) is 4.90 Å². The van der Waals surface area contributed by atoms with Crippen molar-refractivity contribution in [3.63, 3.8) is 0 Å². The third kappa shape index (κ3) is 3.54. The number of anilines is 1. The number of hydrogen-bond acceptors (Lipinski definition) is 4. The first kappa shape index (κ1) is 18.7. The summed E-state index contributed by atoms with van der Waals surface area (Å²) in [6, 6.07) is 13.6. The minimum Gasteiger partial charge on any atom is -0.424 e. The lowest BCUT2D eigenvalue weighted by molar-refractivity contribution is -0.133. The number of fused-ring (bicyclic) bond motifs is 1. The van der Waals surface area contributed by atoms with Crippen molar-refractivity contribution in [2.75, 3.05) is 4.90 Å². The number of halogens is 1. The van der Waals surface area contributed by atoms with Crippen molar-refractivity contribution in [1.82, 2.24) is 0 Å². The Kier molecular flexibility index (Phi) is 5.18. The molecule has 1 aliphatic heterocycles. The van der Waals surface area contributed by atoms with Crippen molar-refractivity contribution in [2.45, 2.75) is 32.1 Å².